The summed E-state index contributed by atoms with van der Waals surface area (Å²) >= 11 is 9.78. The van der Waals surface area contributed by atoms with Gasteiger partial charge in [0.05, 0.1) is 11.6 Å². The molecule has 1 N–H and O–H groups in total. The molecule has 2 aromatic rings. The van der Waals surface area contributed by atoms with Crippen LogP contribution in [-0.2, 0) is 6.18 Å². The van der Waals surface area contributed by atoms with Crippen molar-refractivity contribution in [1.29, 1.82) is 0 Å². The fourth-order valence-corrected chi connectivity index (χ4v) is 3.77. The minimum atomic E-state index is -4.40. The first kappa shape index (κ1) is 18.7. The predicted octanol–water partition coefficient (Wildman–Crippen LogP) is 5.12. The maximum Gasteiger partial charge on any atom is 0.416 e. The molecule has 0 aromatic heterocycles. The summed E-state index contributed by atoms with van der Waals surface area (Å²) in [6.45, 7) is 3.07. The first-order chi connectivity index (χ1) is 11.9. The molecule has 0 spiro atoms. The molecule has 0 bridgehead atoms. The Morgan fingerprint density at radius 3 is 2.44 bits per heavy atom. The molecule has 1 heterocycles. The highest BCUT2D eigenvalue weighted by Gasteiger charge is 2.33. The Balaban J connectivity index is 2.11. The topological polar surface area (TPSA) is 15.3 Å². The smallest absolute Gasteiger partial charge is 0.314 e. The minimum absolute atomic E-state index is 0.325. The van der Waals surface area contributed by atoms with Crippen LogP contribution >= 0.6 is 27.5 Å². The molecule has 2 aromatic carbocycles. The van der Waals surface area contributed by atoms with Crippen LogP contribution in [0.25, 0.3) is 0 Å². The van der Waals surface area contributed by atoms with E-state index in [-0.39, 0.29) is 6.04 Å². The Bertz CT molecular complexity index is 745. The Labute approximate surface area is 158 Å². The molecule has 134 valence electrons. The van der Waals surface area contributed by atoms with E-state index in [1.807, 2.05) is 24.3 Å². The van der Waals surface area contributed by atoms with Crippen molar-refractivity contribution in [3.05, 3.63) is 68.7 Å². The van der Waals surface area contributed by atoms with Crippen LogP contribution in [0, 0.1) is 0 Å². The van der Waals surface area contributed by atoms with Crippen LogP contribution in [0.3, 0.4) is 0 Å². The SMILES string of the molecule is FC(F)(F)c1ccc(Cl)c(C(c2cccc(Br)c2)N2CCNCC2)c1. The molecule has 0 amide bonds. The molecule has 2 nitrogen and oxygen atoms in total. The molecule has 7 heteroatoms. The van der Waals surface area contributed by atoms with Crippen molar-refractivity contribution < 1.29 is 13.2 Å². The Morgan fingerprint density at radius 2 is 1.80 bits per heavy atom. The summed E-state index contributed by atoms with van der Waals surface area (Å²) in [7, 11) is 0. The van der Waals surface area contributed by atoms with Crippen molar-refractivity contribution in [3.8, 4) is 0 Å². The number of benzene rings is 2. The minimum Gasteiger partial charge on any atom is -0.314 e. The highest BCUT2D eigenvalue weighted by atomic mass is 79.9. The van der Waals surface area contributed by atoms with Crippen LogP contribution in [0.2, 0.25) is 5.02 Å². The number of piperazine rings is 1. The van der Waals surface area contributed by atoms with Crippen LogP contribution in [0.15, 0.2) is 46.9 Å². The largest absolute Gasteiger partial charge is 0.416 e. The molecule has 3 rings (SSSR count). The molecule has 0 saturated carbocycles. The van der Waals surface area contributed by atoms with Gasteiger partial charge in [-0.1, -0.05) is 39.7 Å². The molecule has 0 aliphatic carbocycles. The third-order valence-corrected chi connectivity index (χ3v) is 5.14. The summed E-state index contributed by atoms with van der Waals surface area (Å²) in [4.78, 5) is 2.17. The summed E-state index contributed by atoms with van der Waals surface area (Å²) in [5.41, 5.74) is 0.719. The average Bonchev–Trinajstić information content (AvgIpc) is 2.57. The number of nitrogens with one attached hydrogen (secondary N) is 1. The van der Waals surface area contributed by atoms with Gasteiger partial charge in [-0.3, -0.25) is 4.90 Å². The van der Waals surface area contributed by atoms with Gasteiger partial charge < -0.3 is 5.32 Å². The van der Waals surface area contributed by atoms with Crippen molar-refractivity contribution in [3.63, 3.8) is 0 Å². The average molecular weight is 434 g/mol. The highest BCUT2D eigenvalue weighted by molar-refractivity contribution is 9.10. The van der Waals surface area contributed by atoms with Crippen molar-refractivity contribution in [2.45, 2.75) is 12.2 Å². The molecule has 1 aliphatic heterocycles. The van der Waals surface area contributed by atoms with E-state index in [4.69, 9.17) is 11.6 Å². The van der Waals surface area contributed by atoms with E-state index < -0.39 is 11.7 Å². The third kappa shape index (κ3) is 4.37. The van der Waals surface area contributed by atoms with E-state index >= 15 is 0 Å². The fourth-order valence-electron chi connectivity index (χ4n) is 3.13. The van der Waals surface area contributed by atoms with Crippen molar-refractivity contribution >= 4 is 27.5 Å². The summed E-state index contributed by atoms with van der Waals surface area (Å²) in [5, 5.41) is 3.61. The zero-order valence-corrected chi connectivity index (χ0v) is 15.6. The lowest BCUT2D eigenvalue weighted by molar-refractivity contribution is -0.137. The molecule has 0 radical (unpaired) electrons. The van der Waals surface area contributed by atoms with E-state index in [0.717, 1.165) is 42.3 Å². The number of halogens is 5. The predicted molar refractivity (Wildman–Crippen MR) is 96.9 cm³/mol. The highest BCUT2D eigenvalue weighted by Crippen LogP contribution is 2.38. The first-order valence-corrected chi connectivity index (χ1v) is 9.10. The summed E-state index contributed by atoms with van der Waals surface area (Å²) in [6, 6.07) is 10.9. The van der Waals surface area contributed by atoms with Crippen LogP contribution in [-0.4, -0.2) is 31.1 Å². The van der Waals surface area contributed by atoms with Gasteiger partial charge in [0.15, 0.2) is 0 Å². The molecular formula is C18H17BrClF3N2. The van der Waals surface area contributed by atoms with Crippen LogP contribution < -0.4 is 5.32 Å². The van der Waals surface area contributed by atoms with Crippen LogP contribution in [0.4, 0.5) is 13.2 Å². The number of nitrogens with zero attached hydrogens (tertiary/aromatic N) is 1. The van der Waals surface area contributed by atoms with E-state index in [9.17, 15) is 13.2 Å². The second kappa shape index (κ2) is 7.66. The zero-order valence-electron chi connectivity index (χ0n) is 13.3. The fraction of sp³-hybridized carbons (Fsp3) is 0.333. The first-order valence-electron chi connectivity index (χ1n) is 7.93. The molecule has 1 saturated heterocycles. The Morgan fingerprint density at radius 1 is 1.08 bits per heavy atom. The molecular weight excluding hydrogens is 417 g/mol. The lowest BCUT2D eigenvalue weighted by atomic mass is 9.95. The lowest BCUT2D eigenvalue weighted by Gasteiger charge is -2.36. The Hall–Kier alpha value is -1.08. The maximum atomic E-state index is 13.2. The van der Waals surface area contributed by atoms with E-state index in [1.165, 1.54) is 12.1 Å². The van der Waals surface area contributed by atoms with E-state index in [1.54, 1.807) is 0 Å². The molecule has 25 heavy (non-hydrogen) atoms. The second-order valence-corrected chi connectivity index (χ2v) is 7.30. The summed E-state index contributed by atoms with van der Waals surface area (Å²) in [5.74, 6) is 0. The van der Waals surface area contributed by atoms with Gasteiger partial charge in [-0.2, -0.15) is 13.2 Å². The number of hydrogen-bond donors (Lipinski definition) is 1. The van der Waals surface area contributed by atoms with Crippen molar-refractivity contribution in [1.82, 2.24) is 10.2 Å². The molecule has 1 fully saturated rings. The van der Waals surface area contributed by atoms with Gasteiger partial charge in [0.25, 0.3) is 0 Å². The van der Waals surface area contributed by atoms with E-state index in [0.29, 0.717) is 10.6 Å². The summed E-state index contributed by atoms with van der Waals surface area (Å²) < 4.78 is 40.5. The normalized spacial score (nSPS) is 17.5. The standard InChI is InChI=1S/C18H17BrClF3N2/c19-14-3-1-2-12(10-14)17(25-8-6-24-7-9-25)15-11-13(18(21,22)23)4-5-16(15)20/h1-5,10-11,17,24H,6-9H2. The van der Waals surface area contributed by atoms with Crippen LogP contribution in [0.1, 0.15) is 22.7 Å². The van der Waals surface area contributed by atoms with Gasteiger partial charge in [-0.25, -0.2) is 0 Å². The van der Waals surface area contributed by atoms with Gasteiger partial charge in [0.1, 0.15) is 0 Å². The molecule has 1 atom stereocenters. The van der Waals surface area contributed by atoms with Crippen molar-refractivity contribution in [2.75, 3.05) is 26.2 Å². The lowest BCUT2D eigenvalue weighted by Crippen LogP contribution is -2.45. The van der Waals surface area contributed by atoms with Crippen molar-refractivity contribution in [2.24, 2.45) is 0 Å². The van der Waals surface area contributed by atoms with Gasteiger partial charge in [0, 0.05) is 35.7 Å². The maximum absolute atomic E-state index is 13.2. The van der Waals surface area contributed by atoms with Gasteiger partial charge in [-0.05, 0) is 41.5 Å². The Kier molecular flexibility index (Phi) is 5.73. The quantitative estimate of drug-likeness (QED) is 0.723. The third-order valence-electron chi connectivity index (χ3n) is 4.30. The van der Waals surface area contributed by atoms with Gasteiger partial charge in [0.2, 0.25) is 0 Å². The number of hydrogen-bond acceptors (Lipinski definition) is 2. The van der Waals surface area contributed by atoms with E-state index in [2.05, 4.69) is 26.1 Å². The van der Waals surface area contributed by atoms with Crippen LogP contribution in [0.5, 0.6) is 0 Å². The van der Waals surface area contributed by atoms with Gasteiger partial charge in [-0.15, -0.1) is 0 Å². The number of alkyl halides is 3. The molecule has 1 unspecified atom stereocenters. The summed E-state index contributed by atoms with van der Waals surface area (Å²) in [6.07, 6.45) is -4.40. The monoisotopic (exact) mass is 432 g/mol. The second-order valence-electron chi connectivity index (χ2n) is 5.98. The molecule has 1 aliphatic rings. The number of rotatable bonds is 3. The zero-order chi connectivity index (χ0) is 18.0. The van der Waals surface area contributed by atoms with Gasteiger partial charge >= 0.3 is 6.18 Å².